The Balaban J connectivity index is 2.37. The summed E-state index contributed by atoms with van der Waals surface area (Å²) in [4.78, 5) is 28.8. The minimum Gasteiger partial charge on any atom is -0.494 e. The van der Waals surface area contributed by atoms with Gasteiger partial charge in [-0.1, -0.05) is 31.9 Å². The molecule has 26 heavy (non-hydrogen) atoms. The highest BCUT2D eigenvalue weighted by Crippen LogP contribution is 2.32. The first-order valence-corrected chi connectivity index (χ1v) is 9.20. The van der Waals surface area contributed by atoms with Crippen LogP contribution in [0.1, 0.15) is 38.7 Å². The van der Waals surface area contributed by atoms with Gasteiger partial charge < -0.3 is 14.7 Å². The van der Waals surface area contributed by atoms with Gasteiger partial charge in [0.05, 0.1) is 18.8 Å². The van der Waals surface area contributed by atoms with Crippen molar-refractivity contribution in [2.75, 3.05) is 33.4 Å². The Morgan fingerprint density at radius 3 is 2.35 bits per heavy atom. The van der Waals surface area contributed by atoms with E-state index in [1.54, 1.807) is 36.2 Å². The number of nitrogens with zero attached hydrogens (tertiary/aromatic N) is 2. The first-order valence-electron chi connectivity index (χ1n) is 9.20. The molecule has 0 bridgehead atoms. The minimum atomic E-state index is -0.286. The number of rotatable bonds is 10. The zero-order valence-electron chi connectivity index (χ0n) is 15.8. The molecule has 0 unspecified atom stereocenters. The van der Waals surface area contributed by atoms with E-state index >= 15 is 0 Å². The Hall–Kier alpha value is -2.34. The van der Waals surface area contributed by atoms with Crippen LogP contribution >= 0.6 is 0 Å². The van der Waals surface area contributed by atoms with E-state index in [0.29, 0.717) is 30.0 Å². The van der Waals surface area contributed by atoms with E-state index in [1.165, 1.54) is 4.90 Å². The van der Waals surface area contributed by atoms with Crippen LogP contribution in [0, 0.1) is 0 Å². The zero-order valence-corrected chi connectivity index (χ0v) is 15.8. The second-order valence-electron chi connectivity index (χ2n) is 6.30. The fourth-order valence-corrected chi connectivity index (χ4v) is 3.05. The molecule has 1 N–H and O–H groups in total. The highest BCUT2D eigenvalue weighted by Gasteiger charge is 2.40. The van der Waals surface area contributed by atoms with Gasteiger partial charge in [-0.15, -0.1) is 0 Å². The van der Waals surface area contributed by atoms with Gasteiger partial charge >= 0.3 is 0 Å². The van der Waals surface area contributed by atoms with Crippen molar-refractivity contribution in [2.45, 2.75) is 33.1 Å². The number of hydrogen-bond acceptors (Lipinski definition) is 5. The molecule has 0 fully saturated rings. The molecule has 0 saturated carbocycles. The monoisotopic (exact) mass is 360 g/mol. The second-order valence-corrected chi connectivity index (χ2v) is 6.30. The zero-order chi connectivity index (χ0) is 19.1. The van der Waals surface area contributed by atoms with Gasteiger partial charge in [-0.05, 0) is 31.0 Å². The van der Waals surface area contributed by atoms with Gasteiger partial charge in [0.2, 0.25) is 0 Å². The van der Waals surface area contributed by atoms with Crippen molar-refractivity contribution >= 4 is 17.4 Å². The lowest BCUT2D eigenvalue weighted by Gasteiger charge is -2.20. The van der Waals surface area contributed by atoms with Crippen LogP contribution in [0.4, 0.5) is 0 Å². The van der Waals surface area contributed by atoms with E-state index in [1.807, 2.05) is 6.92 Å². The molecule has 0 atom stereocenters. The fourth-order valence-electron chi connectivity index (χ4n) is 3.05. The van der Waals surface area contributed by atoms with Crippen LogP contribution < -0.4 is 4.74 Å². The topological polar surface area (TPSA) is 70.1 Å². The van der Waals surface area contributed by atoms with E-state index in [9.17, 15) is 14.7 Å². The van der Waals surface area contributed by atoms with E-state index in [2.05, 4.69) is 6.92 Å². The number of carbonyl (C=O) groups excluding carboxylic acids is 2. The van der Waals surface area contributed by atoms with Crippen molar-refractivity contribution in [2.24, 2.45) is 0 Å². The molecule has 0 aliphatic carbocycles. The summed E-state index contributed by atoms with van der Waals surface area (Å²) >= 11 is 0. The fraction of sp³-hybridized carbons (Fsp3) is 0.500. The summed E-state index contributed by atoms with van der Waals surface area (Å²) in [6.07, 6.45) is 2.78. The molecule has 0 saturated heterocycles. The van der Waals surface area contributed by atoms with E-state index < -0.39 is 0 Å². The minimum absolute atomic E-state index is 0.0894. The number of carbonyl (C=O) groups is 2. The summed E-state index contributed by atoms with van der Waals surface area (Å²) in [6.45, 7) is 5.17. The van der Waals surface area contributed by atoms with Gasteiger partial charge in [-0.25, -0.2) is 0 Å². The van der Waals surface area contributed by atoms with Crippen molar-refractivity contribution in [1.29, 1.82) is 0 Å². The quantitative estimate of drug-likeness (QED) is 0.512. The summed E-state index contributed by atoms with van der Waals surface area (Å²) in [7, 11) is 1.72. The van der Waals surface area contributed by atoms with Crippen LogP contribution in [0.3, 0.4) is 0 Å². The summed E-state index contributed by atoms with van der Waals surface area (Å²) < 4.78 is 5.45. The van der Waals surface area contributed by atoms with E-state index in [-0.39, 0.29) is 25.0 Å². The third-order valence-electron chi connectivity index (χ3n) is 4.40. The molecule has 1 aromatic rings. The smallest absolute Gasteiger partial charge is 0.277 e. The molecule has 6 heteroatoms. The van der Waals surface area contributed by atoms with E-state index in [0.717, 1.165) is 25.0 Å². The van der Waals surface area contributed by atoms with Crippen LogP contribution in [0.2, 0.25) is 0 Å². The average Bonchev–Trinajstić information content (AvgIpc) is 2.87. The lowest BCUT2D eigenvalue weighted by Crippen LogP contribution is -2.35. The van der Waals surface area contributed by atoms with Gasteiger partial charge in [0.15, 0.2) is 0 Å². The van der Waals surface area contributed by atoms with Crippen LogP contribution in [0.25, 0.3) is 5.57 Å². The Labute approximate surface area is 155 Å². The summed E-state index contributed by atoms with van der Waals surface area (Å²) in [5.41, 5.74) is 1.43. The van der Waals surface area contributed by atoms with Crippen molar-refractivity contribution < 1.29 is 19.4 Å². The van der Waals surface area contributed by atoms with Crippen molar-refractivity contribution in [1.82, 2.24) is 9.80 Å². The van der Waals surface area contributed by atoms with Gasteiger partial charge in [0.25, 0.3) is 11.8 Å². The summed E-state index contributed by atoms with van der Waals surface area (Å²) in [6, 6.07) is 7.20. The normalized spacial score (nSPS) is 14.4. The van der Waals surface area contributed by atoms with Gasteiger partial charge in [0.1, 0.15) is 11.4 Å². The lowest BCUT2D eigenvalue weighted by atomic mass is 10.0. The molecule has 1 aromatic carbocycles. The van der Waals surface area contributed by atoms with Crippen molar-refractivity contribution in [3.05, 3.63) is 35.5 Å². The number of ether oxygens (including phenoxy) is 1. The molecule has 1 heterocycles. The molecule has 0 spiro atoms. The maximum atomic E-state index is 13.0. The highest BCUT2D eigenvalue weighted by atomic mass is 16.5. The summed E-state index contributed by atoms with van der Waals surface area (Å²) in [5.74, 6) is 0.166. The first-order chi connectivity index (χ1) is 12.5. The molecular weight excluding hydrogens is 332 g/mol. The highest BCUT2D eigenvalue weighted by molar-refractivity contribution is 6.35. The number of hydrogen-bond donors (Lipinski definition) is 1. The van der Waals surface area contributed by atoms with Gasteiger partial charge in [-0.3, -0.25) is 14.5 Å². The largest absolute Gasteiger partial charge is 0.494 e. The number of unbranched alkanes of at least 4 members (excludes halogenated alkanes) is 2. The Morgan fingerprint density at radius 2 is 1.77 bits per heavy atom. The number of likely N-dealkylation sites (N-methyl/N-ethyl adjacent to an activating group) is 1. The Kier molecular flexibility index (Phi) is 7.21. The standard InChI is InChI=1S/C20H28N2O4/c1-4-6-7-12-22-19(24)17(18(20(22)25)21(3)13-14-23)15-8-10-16(11-9-15)26-5-2/h8-11,23H,4-7,12-14H2,1-3H3. The molecule has 0 aromatic heterocycles. The number of aliphatic hydroxyl groups excluding tert-OH is 1. The molecular formula is C20H28N2O4. The molecule has 0 radical (unpaired) electrons. The van der Waals surface area contributed by atoms with Crippen LogP contribution in [0.5, 0.6) is 5.75 Å². The third kappa shape index (κ3) is 4.25. The SMILES string of the molecule is CCCCCN1C(=O)C(c2ccc(OCC)cc2)=C(N(C)CCO)C1=O. The van der Waals surface area contributed by atoms with Crippen molar-refractivity contribution in [3.8, 4) is 5.75 Å². The van der Waals surface area contributed by atoms with E-state index in [4.69, 9.17) is 4.74 Å². The van der Waals surface area contributed by atoms with Gasteiger partial charge in [0, 0.05) is 20.1 Å². The number of benzene rings is 1. The Morgan fingerprint density at radius 1 is 1.08 bits per heavy atom. The van der Waals surface area contributed by atoms with Crippen LogP contribution in [-0.4, -0.2) is 60.1 Å². The summed E-state index contributed by atoms with van der Waals surface area (Å²) in [5, 5.41) is 9.25. The molecule has 6 nitrogen and oxygen atoms in total. The predicted octanol–water partition coefficient (Wildman–Crippen LogP) is 2.28. The number of amides is 2. The Bertz CT molecular complexity index is 667. The lowest BCUT2D eigenvalue weighted by molar-refractivity contribution is -0.137. The predicted molar refractivity (Wildman–Crippen MR) is 100 cm³/mol. The molecule has 142 valence electrons. The average molecular weight is 360 g/mol. The van der Waals surface area contributed by atoms with Crippen LogP contribution in [-0.2, 0) is 9.59 Å². The van der Waals surface area contributed by atoms with Gasteiger partial charge in [-0.2, -0.15) is 0 Å². The molecule has 2 amide bonds. The van der Waals surface area contributed by atoms with Crippen molar-refractivity contribution in [3.63, 3.8) is 0 Å². The second kappa shape index (κ2) is 9.38. The van der Waals surface area contributed by atoms with Crippen LogP contribution in [0.15, 0.2) is 30.0 Å². The number of imide groups is 1. The maximum Gasteiger partial charge on any atom is 0.277 e. The number of aliphatic hydroxyl groups is 1. The molecule has 1 aliphatic heterocycles. The molecule has 2 rings (SSSR count). The third-order valence-corrected chi connectivity index (χ3v) is 4.40. The first kappa shape index (κ1) is 20.0. The maximum absolute atomic E-state index is 13.0. The molecule has 1 aliphatic rings.